The normalized spacial score (nSPS) is 18.5. The summed E-state index contributed by atoms with van der Waals surface area (Å²) < 4.78 is 1.67. The van der Waals surface area contributed by atoms with Crippen LogP contribution in [0.5, 0.6) is 0 Å². The highest BCUT2D eigenvalue weighted by Crippen LogP contribution is 2.27. The second-order valence-corrected chi connectivity index (χ2v) is 7.38. The molecule has 4 nitrogen and oxygen atoms in total. The van der Waals surface area contributed by atoms with E-state index in [2.05, 4.69) is 27.4 Å². The summed E-state index contributed by atoms with van der Waals surface area (Å²) in [4.78, 5) is 0. The summed E-state index contributed by atoms with van der Waals surface area (Å²) in [5.41, 5.74) is 1.65. The van der Waals surface area contributed by atoms with Crippen molar-refractivity contribution in [1.29, 1.82) is 0 Å². The molecule has 1 fully saturated rings. The predicted octanol–water partition coefficient (Wildman–Crippen LogP) is 3.81. The molecule has 0 spiro atoms. The zero-order valence-electron chi connectivity index (χ0n) is 12.1. The number of aromatic nitrogens is 3. The standard InChI is InChI=1S/C15H18Cl2N4S/c16-13-4-1-5-14(15(13)17)21-9-12(19-20-21)8-18-7-11-3-2-6-22-10-11/h1,4-5,9,11,18H,2-3,6-8,10H2. The van der Waals surface area contributed by atoms with Crippen LogP contribution in [0.1, 0.15) is 18.5 Å². The quantitative estimate of drug-likeness (QED) is 0.884. The van der Waals surface area contributed by atoms with E-state index >= 15 is 0 Å². The highest BCUT2D eigenvalue weighted by atomic mass is 35.5. The molecule has 0 radical (unpaired) electrons. The molecular weight excluding hydrogens is 339 g/mol. The molecule has 1 N–H and O–H groups in total. The van der Waals surface area contributed by atoms with E-state index < -0.39 is 0 Å². The van der Waals surface area contributed by atoms with E-state index in [9.17, 15) is 0 Å². The molecule has 0 aliphatic carbocycles. The lowest BCUT2D eigenvalue weighted by atomic mass is 10.1. The van der Waals surface area contributed by atoms with E-state index in [0.29, 0.717) is 10.0 Å². The monoisotopic (exact) mass is 356 g/mol. The number of hydrogen-bond acceptors (Lipinski definition) is 4. The van der Waals surface area contributed by atoms with Gasteiger partial charge in [0.1, 0.15) is 0 Å². The third-order valence-electron chi connectivity index (χ3n) is 3.71. The molecule has 7 heteroatoms. The third kappa shape index (κ3) is 3.96. The summed E-state index contributed by atoms with van der Waals surface area (Å²) in [6, 6.07) is 5.48. The van der Waals surface area contributed by atoms with Crippen LogP contribution in [0.4, 0.5) is 0 Å². The van der Waals surface area contributed by atoms with Crippen LogP contribution in [-0.2, 0) is 6.54 Å². The molecule has 0 bridgehead atoms. The average molecular weight is 357 g/mol. The predicted molar refractivity (Wildman–Crippen MR) is 93.1 cm³/mol. The number of thioether (sulfide) groups is 1. The number of rotatable bonds is 5. The van der Waals surface area contributed by atoms with Gasteiger partial charge in [-0.25, -0.2) is 4.68 Å². The van der Waals surface area contributed by atoms with Crippen molar-refractivity contribution in [2.45, 2.75) is 19.4 Å². The van der Waals surface area contributed by atoms with E-state index in [-0.39, 0.29) is 0 Å². The molecule has 1 aromatic carbocycles. The van der Waals surface area contributed by atoms with Gasteiger partial charge in [0.25, 0.3) is 0 Å². The van der Waals surface area contributed by atoms with Gasteiger partial charge in [0.15, 0.2) is 0 Å². The van der Waals surface area contributed by atoms with E-state index in [1.807, 2.05) is 18.3 Å². The van der Waals surface area contributed by atoms with Gasteiger partial charge >= 0.3 is 0 Å². The summed E-state index contributed by atoms with van der Waals surface area (Å²) in [7, 11) is 0. The number of nitrogens with one attached hydrogen (secondary N) is 1. The smallest absolute Gasteiger partial charge is 0.0969 e. The minimum atomic E-state index is 0.493. The Balaban J connectivity index is 1.58. The Kier molecular flexibility index (Phi) is 5.63. The largest absolute Gasteiger partial charge is 0.311 e. The second-order valence-electron chi connectivity index (χ2n) is 5.44. The topological polar surface area (TPSA) is 42.7 Å². The molecule has 3 rings (SSSR count). The molecule has 2 aromatic rings. The Morgan fingerprint density at radius 1 is 1.36 bits per heavy atom. The lowest BCUT2D eigenvalue weighted by Gasteiger charge is -2.21. The lowest BCUT2D eigenvalue weighted by molar-refractivity contribution is 0.473. The van der Waals surface area contributed by atoms with Gasteiger partial charge in [-0.15, -0.1) is 5.10 Å². The van der Waals surface area contributed by atoms with Crippen molar-refractivity contribution in [3.05, 3.63) is 40.1 Å². The summed E-state index contributed by atoms with van der Waals surface area (Å²) in [5, 5.41) is 12.8. The average Bonchev–Trinajstić information content (AvgIpc) is 3.00. The molecule has 2 heterocycles. The van der Waals surface area contributed by atoms with Crippen molar-refractivity contribution in [2.24, 2.45) is 5.92 Å². The molecule has 0 saturated carbocycles. The fraction of sp³-hybridized carbons (Fsp3) is 0.467. The zero-order valence-corrected chi connectivity index (χ0v) is 14.5. The summed E-state index contributed by atoms with van der Waals surface area (Å²) in [6.45, 7) is 1.76. The Bertz CT molecular complexity index is 626. The van der Waals surface area contributed by atoms with Gasteiger partial charge in [0, 0.05) is 6.54 Å². The number of benzene rings is 1. The van der Waals surface area contributed by atoms with Crippen molar-refractivity contribution < 1.29 is 0 Å². The Hall–Kier alpha value is -0.750. The van der Waals surface area contributed by atoms with Crippen molar-refractivity contribution >= 4 is 35.0 Å². The van der Waals surface area contributed by atoms with E-state index in [1.54, 1.807) is 10.7 Å². The molecule has 1 aliphatic heterocycles. The first-order valence-corrected chi connectivity index (χ1v) is 9.29. The highest BCUT2D eigenvalue weighted by molar-refractivity contribution is 7.99. The van der Waals surface area contributed by atoms with Gasteiger partial charge < -0.3 is 5.32 Å². The van der Waals surface area contributed by atoms with Crippen LogP contribution < -0.4 is 5.32 Å². The van der Waals surface area contributed by atoms with Crippen LogP contribution in [0.2, 0.25) is 10.0 Å². The third-order valence-corrected chi connectivity index (χ3v) is 5.81. The first-order chi connectivity index (χ1) is 10.7. The number of hydrogen-bond donors (Lipinski definition) is 1. The maximum atomic E-state index is 6.20. The van der Waals surface area contributed by atoms with Crippen molar-refractivity contribution in [2.75, 3.05) is 18.1 Å². The molecule has 1 unspecified atom stereocenters. The number of halogens is 2. The van der Waals surface area contributed by atoms with Gasteiger partial charge in [-0.2, -0.15) is 11.8 Å². The number of nitrogens with zero attached hydrogens (tertiary/aromatic N) is 3. The van der Waals surface area contributed by atoms with Crippen LogP contribution in [0, 0.1) is 5.92 Å². The van der Waals surface area contributed by atoms with Gasteiger partial charge in [-0.1, -0.05) is 34.5 Å². The van der Waals surface area contributed by atoms with Crippen molar-refractivity contribution in [3.8, 4) is 5.69 Å². The van der Waals surface area contributed by atoms with Crippen LogP contribution in [0.15, 0.2) is 24.4 Å². The zero-order chi connectivity index (χ0) is 15.4. The van der Waals surface area contributed by atoms with Gasteiger partial charge in [-0.3, -0.25) is 0 Å². The van der Waals surface area contributed by atoms with Crippen molar-refractivity contribution in [1.82, 2.24) is 20.3 Å². The Morgan fingerprint density at radius 3 is 3.09 bits per heavy atom. The lowest BCUT2D eigenvalue weighted by Crippen LogP contribution is -2.26. The van der Waals surface area contributed by atoms with Crippen LogP contribution in [-0.4, -0.2) is 33.0 Å². The summed E-state index contributed by atoms with van der Waals surface area (Å²) in [5.74, 6) is 3.35. The molecule has 118 valence electrons. The van der Waals surface area contributed by atoms with Crippen LogP contribution in [0.25, 0.3) is 5.69 Å². The Labute approximate surface area is 144 Å². The summed E-state index contributed by atoms with van der Waals surface area (Å²) in [6.07, 6.45) is 4.55. The summed E-state index contributed by atoms with van der Waals surface area (Å²) >= 11 is 14.3. The second kappa shape index (κ2) is 7.68. The van der Waals surface area contributed by atoms with E-state index in [1.165, 1.54) is 24.3 Å². The SMILES string of the molecule is Clc1cccc(-n2cc(CNCC3CCCSC3)nn2)c1Cl. The molecule has 1 atom stereocenters. The first-order valence-electron chi connectivity index (χ1n) is 7.38. The molecule has 1 aromatic heterocycles. The molecular formula is C15H18Cl2N4S. The van der Waals surface area contributed by atoms with Crippen LogP contribution in [0.3, 0.4) is 0 Å². The minimum Gasteiger partial charge on any atom is -0.311 e. The van der Waals surface area contributed by atoms with Crippen LogP contribution >= 0.6 is 35.0 Å². The van der Waals surface area contributed by atoms with E-state index in [4.69, 9.17) is 23.2 Å². The van der Waals surface area contributed by atoms with E-state index in [0.717, 1.165) is 30.4 Å². The maximum Gasteiger partial charge on any atom is 0.0969 e. The molecule has 1 saturated heterocycles. The van der Waals surface area contributed by atoms with Crippen molar-refractivity contribution in [3.63, 3.8) is 0 Å². The minimum absolute atomic E-state index is 0.493. The molecule has 1 aliphatic rings. The molecule has 0 amide bonds. The highest BCUT2D eigenvalue weighted by Gasteiger charge is 2.13. The van der Waals surface area contributed by atoms with Gasteiger partial charge in [0.2, 0.25) is 0 Å². The maximum absolute atomic E-state index is 6.20. The fourth-order valence-corrected chi connectivity index (χ4v) is 4.08. The first kappa shape index (κ1) is 16.1. The fourth-order valence-electron chi connectivity index (χ4n) is 2.54. The van der Waals surface area contributed by atoms with Gasteiger partial charge in [-0.05, 0) is 48.9 Å². The Morgan fingerprint density at radius 2 is 2.27 bits per heavy atom. The van der Waals surface area contributed by atoms with Gasteiger partial charge in [0.05, 0.1) is 27.6 Å². The molecule has 22 heavy (non-hydrogen) atoms.